The second-order valence-corrected chi connectivity index (χ2v) is 11.5. The molecule has 8 nitrogen and oxygen atoms in total. The van der Waals surface area contributed by atoms with Crippen LogP contribution in [0.1, 0.15) is 45.8 Å². The Morgan fingerprint density at radius 2 is 1.76 bits per heavy atom. The minimum absolute atomic E-state index is 0.0387. The lowest BCUT2D eigenvalue weighted by atomic mass is 9.96. The van der Waals surface area contributed by atoms with Gasteiger partial charge in [0, 0.05) is 49.1 Å². The Morgan fingerprint density at radius 1 is 1.07 bits per heavy atom. The summed E-state index contributed by atoms with van der Waals surface area (Å²) >= 11 is 0. The fourth-order valence-corrected chi connectivity index (χ4v) is 5.96. The third-order valence-corrected chi connectivity index (χ3v) is 8.37. The van der Waals surface area contributed by atoms with Crippen LogP contribution < -0.4 is 0 Å². The van der Waals surface area contributed by atoms with Gasteiger partial charge in [0.05, 0.1) is 30.9 Å². The fraction of sp³-hybridized carbons (Fsp3) is 0.353. The molecule has 0 saturated carbocycles. The standard InChI is InChI=1S/C34H39N3O5/c1-22-17-37(23(2)20-38)33(39)32-31(28-11-7-8-12-29(28)36(32)4)27-10-6-5-9-26(27)21-42-30(22)19-35(3)18-24-13-15-25(16-14-24)34(40)41/h5-16,22-23,30,38H,17-21H2,1-4H3,(H,40,41)/t22-,23-,30-/m0/s1. The molecule has 0 radical (unpaired) electrons. The number of carbonyl (C=O) groups excluding carboxylic acids is 1. The molecule has 2 N–H and O–H groups in total. The Kier molecular flexibility index (Phi) is 8.77. The minimum atomic E-state index is -0.943. The van der Waals surface area contributed by atoms with E-state index in [1.807, 2.05) is 68.1 Å². The average molecular weight is 570 g/mol. The number of carboxylic acid groups (broad SMARTS) is 1. The van der Waals surface area contributed by atoms with Gasteiger partial charge in [0.15, 0.2) is 0 Å². The fourth-order valence-electron chi connectivity index (χ4n) is 5.96. The molecular formula is C34H39N3O5. The summed E-state index contributed by atoms with van der Waals surface area (Å²) in [6, 6.07) is 22.7. The van der Waals surface area contributed by atoms with E-state index in [-0.39, 0.29) is 36.1 Å². The largest absolute Gasteiger partial charge is 0.478 e. The number of aliphatic hydroxyl groups excluding tert-OH is 1. The van der Waals surface area contributed by atoms with Crippen LogP contribution in [-0.4, -0.2) is 75.3 Å². The molecule has 4 aromatic rings. The first-order chi connectivity index (χ1) is 20.2. The van der Waals surface area contributed by atoms with E-state index in [2.05, 4.69) is 30.0 Å². The third kappa shape index (κ3) is 5.83. The van der Waals surface area contributed by atoms with Gasteiger partial charge in [-0.1, -0.05) is 61.5 Å². The maximum absolute atomic E-state index is 14.5. The number of amides is 1. The van der Waals surface area contributed by atoms with Gasteiger partial charge in [-0.3, -0.25) is 9.69 Å². The zero-order valence-electron chi connectivity index (χ0n) is 24.7. The molecule has 5 rings (SSSR count). The van der Waals surface area contributed by atoms with Crippen molar-refractivity contribution in [2.24, 2.45) is 13.0 Å². The molecule has 3 aromatic carbocycles. The number of carboxylic acids is 1. The summed E-state index contributed by atoms with van der Waals surface area (Å²) in [5, 5.41) is 20.4. The van der Waals surface area contributed by atoms with Crippen LogP contribution >= 0.6 is 0 Å². The summed E-state index contributed by atoms with van der Waals surface area (Å²) in [5.74, 6) is -1.09. The van der Waals surface area contributed by atoms with Crippen molar-refractivity contribution in [2.75, 3.05) is 26.7 Å². The SMILES string of the molecule is C[C@H]1CN([C@@H](C)CO)C(=O)c2c(c3ccccc3n2C)-c2ccccc2CO[C@H]1CN(C)Cc1ccc(C(=O)O)cc1. The number of carbonyl (C=O) groups is 2. The number of ether oxygens (including phenoxy) is 1. The van der Waals surface area contributed by atoms with Gasteiger partial charge < -0.3 is 24.4 Å². The molecule has 220 valence electrons. The zero-order chi connectivity index (χ0) is 30.0. The Hall–Kier alpha value is -3.98. The number of fused-ring (bicyclic) bond motifs is 5. The first-order valence-corrected chi connectivity index (χ1v) is 14.4. The maximum Gasteiger partial charge on any atom is 0.335 e. The first kappa shape index (κ1) is 29.5. The van der Waals surface area contributed by atoms with Crippen LogP contribution in [0, 0.1) is 5.92 Å². The summed E-state index contributed by atoms with van der Waals surface area (Å²) in [6.07, 6.45) is -0.208. The van der Waals surface area contributed by atoms with Gasteiger partial charge >= 0.3 is 5.97 Å². The van der Waals surface area contributed by atoms with Crippen molar-refractivity contribution in [2.45, 2.75) is 39.1 Å². The van der Waals surface area contributed by atoms with Crippen LogP contribution in [0.5, 0.6) is 0 Å². The van der Waals surface area contributed by atoms with Crippen molar-refractivity contribution in [3.05, 3.63) is 95.2 Å². The van der Waals surface area contributed by atoms with Gasteiger partial charge in [-0.2, -0.15) is 0 Å². The number of rotatable bonds is 7. The highest BCUT2D eigenvalue weighted by atomic mass is 16.5. The first-order valence-electron chi connectivity index (χ1n) is 14.4. The summed E-state index contributed by atoms with van der Waals surface area (Å²) in [7, 11) is 3.95. The van der Waals surface area contributed by atoms with Gasteiger partial charge in [-0.25, -0.2) is 4.79 Å². The molecule has 1 aliphatic heterocycles. The number of benzene rings is 3. The number of nitrogens with zero attached hydrogens (tertiary/aromatic N) is 3. The predicted octanol–water partition coefficient (Wildman–Crippen LogP) is 5.03. The quantitative estimate of drug-likeness (QED) is 0.324. The summed E-state index contributed by atoms with van der Waals surface area (Å²) in [5.41, 5.74) is 5.72. The molecular weight excluding hydrogens is 530 g/mol. The van der Waals surface area contributed by atoms with E-state index < -0.39 is 5.97 Å². The van der Waals surface area contributed by atoms with Crippen molar-refractivity contribution in [3.63, 3.8) is 0 Å². The van der Waals surface area contributed by atoms with Crippen molar-refractivity contribution >= 4 is 22.8 Å². The smallest absolute Gasteiger partial charge is 0.335 e. The van der Waals surface area contributed by atoms with Gasteiger partial charge in [0.1, 0.15) is 5.69 Å². The summed E-state index contributed by atoms with van der Waals surface area (Å²) < 4.78 is 8.65. The van der Waals surface area contributed by atoms with E-state index >= 15 is 0 Å². The van der Waals surface area contributed by atoms with E-state index in [9.17, 15) is 19.8 Å². The average Bonchev–Trinajstić information content (AvgIpc) is 3.28. The highest BCUT2D eigenvalue weighted by Crippen LogP contribution is 2.38. The Labute approximate surface area is 246 Å². The van der Waals surface area contributed by atoms with Gasteiger partial charge in [0.25, 0.3) is 5.91 Å². The number of aromatic carboxylic acids is 1. The Balaban J connectivity index is 1.52. The molecule has 42 heavy (non-hydrogen) atoms. The van der Waals surface area contributed by atoms with Crippen molar-refractivity contribution in [3.8, 4) is 11.1 Å². The van der Waals surface area contributed by atoms with Gasteiger partial charge in [-0.15, -0.1) is 0 Å². The van der Waals surface area contributed by atoms with Crippen molar-refractivity contribution in [1.82, 2.24) is 14.4 Å². The molecule has 0 spiro atoms. The lowest BCUT2D eigenvalue weighted by Gasteiger charge is -2.35. The Bertz CT molecular complexity index is 1580. The van der Waals surface area contributed by atoms with E-state index in [1.54, 1.807) is 17.0 Å². The number of aromatic nitrogens is 1. The molecule has 0 aliphatic carbocycles. The predicted molar refractivity (Wildman–Crippen MR) is 163 cm³/mol. The van der Waals surface area contributed by atoms with Crippen LogP contribution in [0.2, 0.25) is 0 Å². The summed E-state index contributed by atoms with van der Waals surface area (Å²) in [4.78, 5) is 29.7. The molecule has 0 fully saturated rings. The van der Waals surface area contributed by atoms with E-state index in [0.717, 1.165) is 33.2 Å². The van der Waals surface area contributed by atoms with Crippen molar-refractivity contribution < 1.29 is 24.5 Å². The lowest BCUT2D eigenvalue weighted by molar-refractivity contribution is -0.0242. The Morgan fingerprint density at radius 3 is 2.48 bits per heavy atom. The number of hydrogen-bond donors (Lipinski definition) is 2. The minimum Gasteiger partial charge on any atom is -0.478 e. The maximum atomic E-state index is 14.5. The van der Waals surface area contributed by atoms with Crippen LogP contribution in [0.15, 0.2) is 72.8 Å². The van der Waals surface area contributed by atoms with Crippen LogP contribution in [0.3, 0.4) is 0 Å². The monoisotopic (exact) mass is 569 g/mol. The highest BCUT2D eigenvalue weighted by Gasteiger charge is 2.33. The number of likely N-dealkylation sites (N-methyl/N-ethyl adjacent to an activating group) is 1. The lowest BCUT2D eigenvalue weighted by Crippen LogP contribution is -2.47. The number of hydrogen-bond acceptors (Lipinski definition) is 5. The third-order valence-electron chi connectivity index (χ3n) is 8.37. The molecule has 0 saturated heterocycles. The molecule has 1 aromatic heterocycles. The second kappa shape index (κ2) is 12.5. The van der Waals surface area contributed by atoms with Gasteiger partial charge in [-0.05, 0) is 48.9 Å². The van der Waals surface area contributed by atoms with Crippen LogP contribution in [0.25, 0.3) is 22.0 Å². The molecule has 2 heterocycles. The topological polar surface area (TPSA) is 95.2 Å². The highest BCUT2D eigenvalue weighted by molar-refractivity contribution is 6.10. The molecule has 0 bridgehead atoms. The molecule has 0 unspecified atom stereocenters. The summed E-state index contributed by atoms with van der Waals surface area (Å²) in [6.45, 7) is 5.86. The normalized spacial score (nSPS) is 18.4. The van der Waals surface area contributed by atoms with E-state index in [4.69, 9.17) is 4.74 Å². The van der Waals surface area contributed by atoms with E-state index in [0.29, 0.717) is 31.9 Å². The van der Waals surface area contributed by atoms with Crippen LogP contribution in [-0.2, 0) is 24.9 Å². The molecule has 8 heteroatoms. The van der Waals surface area contributed by atoms with Crippen LogP contribution in [0.4, 0.5) is 0 Å². The van der Waals surface area contributed by atoms with E-state index in [1.165, 1.54) is 0 Å². The van der Waals surface area contributed by atoms with Crippen molar-refractivity contribution in [1.29, 1.82) is 0 Å². The molecule has 1 aliphatic rings. The molecule has 1 amide bonds. The van der Waals surface area contributed by atoms with Gasteiger partial charge in [0.2, 0.25) is 0 Å². The number of aryl methyl sites for hydroxylation is 1. The number of aliphatic hydroxyl groups is 1. The second-order valence-electron chi connectivity index (χ2n) is 11.5. The zero-order valence-corrected chi connectivity index (χ0v) is 24.7. The molecule has 3 atom stereocenters. The number of para-hydroxylation sites is 1.